The van der Waals surface area contributed by atoms with E-state index in [2.05, 4.69) is 17.4 Å². The van der Waals surface area contributed by atoms with Gasteiger partial charge in [-0.2, -0.15) is 0 Å². The third-order valence-electron chi connectivity index (χ3n) is 2.16. The number of rotatable bonds is 3. The van der Waals surface area contributed by atoms with E-state index in [9.17, 15) is 0 Å². The number of hydrogen-bond acceptors (Lipinski definition) is 2. The first kappa shape index (κ1) is 7.62. The lowest BCUT2D eigenvalue weighted by molar-refractivity contribution is 0.180. The zero-order valence-corrected chi connectivity index (χ0v) is 7.16. The van der Waals surface area contributed by atoms with Crippen molar-refractivity contribution in [1.82, 2.24) is 0 Å². The Morgan fingerprint density at radius 3 is 2.67 bits per heavy atom. The van der Waals surface area contributed by atoms with Crippen molar-refractivity contribution in [2.45, 2.75) is 18.6 Å². The Morgan fingerprint density at radius 2 is 2.08 bits per heavy atom. The number of methoxy groups -OCH3 is 1. The van der Waals surface area contributed by atoms with Gasteiger partial charge in [0.1, 0.15) is 0 Å². The molecule has 1 aliphatic carbocycles. The molecule has 1 aromatic rings. The Hall–Kier alpha value is -1.02. The van der Waals surface area contributed by atoms with Crippen LogP contribution in [0.5, 0.6) is 0 Å². The molecule has 2 nitrogen and oxygen atoms in total. The summed E-state index contributed by atoms with van der Waals surface area (Å²) in [6.07, 6.45) is 1.55. The van der Waals surface area contributed by atoms with Gasteiger partial charge in [0.25, 0.3) is 0 Å². The number of benzene rings is 1. The van der Waals surface area contributed by atoms with Crippen LogP contribution in [0.15, 0.2) is 30.3 Å². The predicted molar refractivity (Wildman–Crippen MR) is 49.3 cm³/mol. The lowest BCUT2D eigenvalue weighted by atomic mass is 10.3. The van der Waals surface area contributed by atoms with Crippen LogP contribution in [0.4, 0.5) is 5.69 Å². The van der Waals surface area contributed by atoms with Crippen LogP contribution in [0.3, 0.4) is 0 Å². The first-order chi connectivity index (χ1) is 5.90. The van der Waals surface area contributed by atoms with Gasteiger partial charge < -0.3 is 10.1 Å². The number of ether oxygens (including phenoxy) is 1. The molecule has 1 aromatic carbocycles. The molecule has 1 fully saturated rings. The van der Waals surface area contributed by atoms with E-state index in [-0.39, 0.29) is 0 Å². The number of anilines is 1. The van der Waals surface area contributed by atoms with Gasteiger partial charge in [0.15, 0.2) is 0 Å². The molecule has 2 rings (SSSR count). The molecule has 1 N–H and O–H groups in total. The molecular formula is C10H13NO. The van der Waals surface area contributed by atoms with Gasteiger partial charge in [0, 0.05) is 12.8 Å². The highest BCUT2D eigenvalue weighted by Crippen LogP contribution is 2.28. The van der Waals surface area contributed by atoms with Gasteiger partial charge in [0.2, 0.25) is 0 Å². The van der Waals surface area contributed by atoms with Crippen molar-refractivity contribution < 1.29 is 4.74 Å². The van der Waals surface area contributed by atoms with E-state index in [1.807, 2.05) is 18.2 Å². The summed E-state index contributed by atoms with van der Waals surface area (Å²) in [5.41, 5.74) is 1.18. The summed E-state index contributed by atoms with van der Waals surface area (Å²) in [6.45, 7) is 0. The van der Waals surface area contributed by atoms with Crippen LogP contribution >= 0.6 is 0 Å². The Balaban J connectivity index is 1.89. The summed E-state index contributed by atoms with van der Waals surface area (Å²) in [5, 5.41) is 3.39. The molecule has 1 saturated carbocycles. The van der Waals surface area contributed by atoms with Crippen molar-refractivity contribution >= 4 is 5.69 Å². The lowest BCUT2D eigenvalue weighted by Crippen LogP contribution is -2.07. The zero-order chi connectivity index (χ0) is 8.39. The minimum absolute atomic E-state index is 0.421. The molecule has 0 amide bonds. The molecule has 0 aliphatic heterocycles. The first-order valence-corrected chi connectivity index (χ1v) is 4.24. The molecule has 0 spiro atoms. The van der Waals surface area contributed by atoms with Gasteiger partial charge in [-0.3, -0.25) is 0 Å². The fraction of sp³-hybridized carbons (Fsp3) is 0.400. The second-order valence-corrected chi connectivity index (χ2v) is 3.13. The van der Waals surface area contributed by atoms with Gasteiger partial charge in [-0.25, -0.2) is 0 Å². The first-order valence-electron chi connectivity index (χ1n) is 4.24. The summed E-state index contributed by atoms with van der Waals surface area (Å²) in [7, 11) is 1.76. The van der Waals surface area contributed by atoms with Crippen LogP contribution in [-0.2, 0) is 4.74 Å². The second kappa shape index (κ2) is 3.15. The molecule has 2 unspecified atom stereocenters. The quantitative estimate of drug-likeness (QED) is 0.734. The molecule has 12 heavy (non-hydrogen) atoms. The number of para-hydroxylation sites is 1. The SMILES string of the molecule is COC1CC1Nc1ccccc1. The zero-order valence-electron chi connectivity index (χ0n) is 7.16. The minimum Gasteiger partial charge on any atom is -0.380 e. The van der Waals surface area contributed by atoms with E-state index in [4.69, 9.17) is 4.74 Å². The minimum atomic E-state index is 0.421. The van der Waals surface area contributed by atoms with Crippen molar-refractivity contribution in [3.63, 3.8) is 0 Å². The van der Waals surface area contributed by atoms with Gasteiger partial charge in [-0.05, 0) is 18.6 Å². The maximum absolute atomic E-state index is 5.18. The summed E-state index contributed by atoms with van der Waals surface area (Å²) >= 11 is 0. The highest BCUT2D eigenvalue weighted by atomic mass is 16.5. The van der Waals surface area contributed by atoms with Crippen molar-refractivity contribution in [3.8, 4) is 0 Å². The Morgan fingerprint density at radius 1 is 1.33 bits per heavy atom. The van der Waals surface area contributed by atoms with Crippen molar-refractivity contribution in [2.24, 2.45) is 0 Å². The van der Waals surface area contributed by atoms with Gasteiger partial charge in [-0.15, -0.1) is 0 Å². The highest BCUT2D eigenvalue weighted by molar-refractivity contribution is 5.45. The maximum atomic E-state index is 5.18. The van der Waals surface area contributed by atoms with Crippen LogP contribution in [0.1, 0.15) is 6.42 Å². The Labute approximate surface area is 72.5 Å². The van der Waals surface area contributed by atoms with Crippen LogP contribution in [0, 0.1) is 0 Å². The van der Waals surface area contributed by atoms with E-state index in [0.717, 1.165) is 6.42 Å². The van der Waals surface area contributed by atoms with Gasteiger partial charge in [-0.1, -0.05) is 18.2 Å². The Kier molecular flexibility index (Phi) is 2.00. The highest BCUT2D eigenvalue weighted by Gasteiger charge is 2.37. The lowest BCUT2D eigenvalue weighted by Gasteiger charge is -2.03. The van der Waals surface area contributed by atoms with E-state index >= 15 is 0 Å². The van der Waals surface area contributed by atoms with Crippen molar-refractivity contribution in [2.75, 3.05) is 12.4 Å². The molecule has 2 atom stereocenters. The largest absolute Gasteiger partial charge is 0.380 e. The molecule has 0 radical (unpaired) electrons. The average molecular weight is 163 g/mol. The molecule has 1 aliphatic rings. The van der Waals surface area contributed by atoms with E-state index in [1.165, 1.54) is 5.69 Å². The maximum Gasteiger partial charge on any atom is 0.0793 e. The third-order valence-corrected chi connectivity index (χ3v) is 2.16. The summed E-state index contributed by atoms with van der Waals surface area (Å²) in [5.74, 6) is 0. The monoisotopic (exact) mass is 163 g/mol. The van der Waals surface area contributed by atoms with E-state index in [0.29, 0.717) is 12.1 Å². The van der Waals surface area contributed by atoms with Crippen LogP contribution in [-0.4, -0.2) is 19.3 Å². The topological polar surface area (TPSA) is 21.3 Å². The van der Waals surface area contributed by atoms with E-state index < -0.39 is 0 Å². The van der Waals surface area contributed by atoms with Gasteiger partial charge >= 0.3 is 0 Å². The molecule has 0 heterocycles. The molecule has 64 valence electrons. The number of nitrogens with one attached hydrogen (secondary N) is 1. The normalized spacial score (nSPS) is 26.8. The fourth-order valence-corrected chi connectivity index (χ4v) is 1.33. The second-order valence-electron chi connectivity index (χ2n) is 3.13. The predicted octanol–water partition coefficient (Wildman–Crippen LogP) is 1.89. The van der Waals surface area contributed by atoms with Crippen molar-refractivity contribution in [1.29, 1.82) is 0 Å². The summed E-state index contributed by atoms with van der Waals surface area (Å²) in [6, 6.07) is 10.8. The Bertz CT molecular complexity index is 247. The third kappa shape index (κ3) is 1.59. The molecule has 2 heteroatoms. The average Bonchev–Trinajstić information content (AvgIpc) is 2.85. The molecule has 0 saturated heterocycles. The molecule has 0 aromatic heterocycles. The van der Waals surface area contributed by atoms with Crippen LogP contribution in [0.25, 0.3) is 0 Å². The summed E-state index contributed by atoms with van der Waals surface area (Å²) < 4.78 is 5.18. The molecule has 0 bridgehead atoms. The van der Waals surface area contributed by atoms with Crippen molar-refractivity contribution in [3.05, 3.63) is 30.3 Å². The van der Waals surface area contributed by atoms with Crippen LogP contribution in [0.2, 0.25) is 0 Å². The standard InChI is InChI=1S/C10H13NO/c1-12-10-7-9(10)11-8-5-3-2-4-6-8/h2-6,9-11H,7H2,1H3. The van der Waals surface area contributed by atoms with E-state index in [1.54, 1.807) is 7.11 Å². The summed E-state index contributed by atoms with van der Waals surface area (Å²) in [4.78, 5) is 0. The number of hydrogen-bond donors (Lipinski definition) is 1. The fourth-order valence-electron chi connectivity index (χ4n) is 1.33. The van der Waals surface area contributed by atoms with Crippen LogP contribution < -0.4 is 5.32 Å². The molecular weight excluding hydrogens is 150 g/mol. The van der Waals surface area contributed by atoms with Gasteiger partial charge in [0.05, 0.1) is 12.1 Å². The smallest absolute Gasteiger partial charge is 0.0793 e.